The quantitative estimate of drug-likeness (QED) is 0.142. The van der Waals surface area contributed by atoms with Crippen molar-refractivity contribution in [1.29, 1.82) is 0 Å². The van der Waals surface area contributed by atoms with Crippen molar-refractivity contribution in [3.05, 3.63) is 11.6 Å². The Labute approximate surface area is 316 Å². The lowest BCUT2D eigenvalue weighted by atomic mass is 9.30. The van der Waals surface area contributed by atoms with E-state index in [0.29, 0.717) is 31.3 Å². The fraction of sp³-hybridized carbons (Fsp3) is 0.907. The zero-order valence-corrected chi connectivity index (χ0v) is 33.3. The van der Waals surface area contributed by atoms with Crippen molar-refractivity contribution >= 4 is 11.9 Å². The molecule has 0 aromatic heterocycles. The molecule has 0 radical (unpaired) electrons. The van der Waals surface area contributed by atoms with Crippen LogP contribution in [-0.4, -0.2) is 88.0 Å². The maximum atomic E-state index is 13.7. The SMILES string of the molecule is COC[C@H]1CC(C)(C)C[C@H]2C3=CC[C@@H]4[C@@]5(C)CC[C@H](O[C@@H]6O[C@H](C(=O)O)[C@@H](O)[C@H](O)[C@H]6O)C(C)(C)[C@@H]5CC[C@@]4(C)[C@]3(C3CCCCC3)CC[C@@]12C(=O)O. The summed E-state index contributed by atoms with van der Waals surface area (Å²) >= 11 is 0. The molecule has 0 amide bonds. The van der Waals surface area contributed by atoms with Crippen LogP contribution in [0.3, 0.4) is 0 Å². The molecule has 6 aliphatic carbocycles. The number of aliphatic carboxylic acids is 2. The van der Waals surface area contributed by atoms with E-state index in [1.54, 1.807) is 7.11 Å². The van der Waals surface area contributed by atoms with Crippen LogP contribution in [0.5, 0.6) is 0 Å². The van der Waals surface area contributed by atoms with Gasteiger partial charge in [-0.15, -0.1) is 0 Å². The molecule has 6 fully saturated rings. The largest absolute Gasteiger partial charge is 0.481 e. The normalized spacial score (nSPS) is 49.4. The Morgan fingerprint density at radius 1 is 0.830 bits per heavy atom. The number of aliphatic hydroxyl groups excluding tert-OH is 3. The number of allylic oxidation sites excluding steroid dienone is 2. The van der Waals surface area contributed by atoms with E-state index in [-0.39, 0.29) is 50.9 Å². The molecule has 0 spiro atoms. The van der Waals surface area contributed by atoms with Gasteiger partial charge in [0.1, 0.15) is 18.3 Å². The number of ether oxygens (including phenoxy) is 3. The third-order valence-corrected chi connectivity index (χ3v) is 17.5. The molecule has 300 valence electrons. The number of carboxylic acid groups (broad SMARTS) is 2. The molecule has 10 nitrogen and oxygen atoms in total. The van der Waals surface area contributed by atoms with Crippen molar-refractivity contribution in [2.24, 2.45) is 62.1 Å². The molecule has 1 aliphatic heterocycles. The van der Waals surface area contributed by atoms with Gasteiger partial charge in [-0.25, -0.2) is 4.79 Å². The van der Waals surface area contributed by atoms with E-state index < -0.39 is 48.1 Å². The topological polar surface area (TPSA) is 163 Å². The minimum absolute atomic E-state index is 0.00521. The second kappa shape index (κ2) is 13.5. The maximum Gasteiger partial charge on any atom is 0.335 e. The van der Waals surface area contributed by atoms with Gasteiger partial charge < -0.3 is 39.7 Å². The zero-order valence-electron chi connectivity index (χ0n) is 33.3. The van der Waals surface area contributed by atoms with Crippen LogP contribution in [0.15, 0.2) is 11.6 Å². The molecular formula is C43H68O10. The van der Waals surface area contributed by atoms with Crippen LogP contribution in [0, 0.1) is 62.1 Å². The monoisotopic (exact) mass is 744 g/mol. The number of methoxy groups -OCH3 is 1. The van der Waals surface area contributed by atoms with Crippen molar-refractivity contribution in [3.8, 4) is 0 Å². The average molecular weight is 745 g/mol. The van der Waals surface area contributed by atoms with Gasteiger partial charge in [0.25, 0.3) is 0 Å². The van der Waals surface area contributed by atoms with Gasteiger partial charge >= 0.3 is 11.9 Å². The Hall–Kier alpha value is -1.56. The molecule has 0 bridgehead atoms. The van der Waals surface area contributed by atoms with Crippen molar-refractivity contribution in [1.82, 2.24) is 0 Å². The summed E-state index contributed by atoms with van der Waals surface area (Å²) in [6.07, 6.45) is 8.28. The van der Waals surface area contributed by atoms with Crippen LogP contribution in [-0.2, 0) is 23.8 Å². The first-order chi connectivity index (χ1) is 24.8. The summed E-state index contributed by atoms with van der Waals surface area (Å²) < 4.78 is 17.9. The van der Waals surface area contributed by atoms with E-state index >= 15 is 0 Å². The number of carboxylic acids is 2. The standard InChI is InChI=1S/C43H68O10/c1-38(2)21-25(23-51-7)42(37(49)50)19-20-43(24-11-9-8-10-12-24)26(27(42)22-38)13-14-29-40(5)17-16-30(39(3,4)28(40)15-18-41(29,43)6)52-36-33(46)31(44)32(45)34(53-36)35(47)48/h13,24-25,27-34,36,44-46H,8-12,14-23H2,1-7H3,(H,47,48)(H,49,50)/t25-,27+,28+,29-,30+,31+,32+,33-,34+,36-,40+,41-,42-,43+/m1/s1. The minimum atomic E-state index is -1.76. The first-order valence-electron chi connectivity index (χ1n) is 20.8. The third kappa shape index (κ3) is 5.67. The minimum Gasteiger partial charge on any atom is -0.481 e. The van der Waals surface area contributed by atoms with Crippen LogP contribution < -0.4 is 0 Å². The molecule has 0 aromatic rings. The number of hydrogen-bond acceptors (Lipinski definition) is 8. The van der Waals surface area contributed by atoms with Crippen molar-refractivity contribution in [3.63, 3.8) is 0 Å². The summed E-state index contributed by atoms with van der Waals surface area (Å²) in [5.41, 5.74) is 0.241. The first-order valence-corrected chi connectivity index (χ1v) is 20.8. The predicted octanol–water partition coefficient (Wildman–Crippen LogP) is 6.58. The zero-order chi connectivity index (χ0) is 38.5. The van der Waals surface area contributed by atoms with E-state index in [1.165, 1.54) is 37.7 Å². The molecule has 0 aromatic carbocycles. The Morgan fingerprint density at radius 3 is 2.17 bits per heavy atom. The highest BCUT2D eigenvalue weighted by Crippen LogP contribution is 2.79. The van der Waals surface area contributed by atoms with E-state index in [1.807, 2.05) is 0 Å². The Balaban J connectivity index is 1.26. The van der Waals surface area contributed by atoms with Crippen LogP contribution in [0.2, 0.25) is 0 Å². The Morgan fingerprint density at radius 2 is 1.53 bits per heavy atom. The molecule has 53 heavy (non-hydrogen) atoms. The smallest absolute Gasteiger partial charge is 0.335 e. The highest BCUT2D eigenvalue weighted by atomic mass is 16.7. The molecule has 1 saturated heterocycles. The molecule has 0 unspecified atom stereocenters. The molecule has 14 atom stereocenters. The summed E-state index contributed by atoms with van der Waals surface area (Å²) in [4.78, 5) is 25.6. The van der Waals surface area contributed by atoms with Gasteiger partial charge in [-0.2, -0.15) is 0 Å². The molecular weight excluding hydrogens is 676 g/mol. The summed E-state index contributed by atoms with van der Waals surface area (Å²) in [5.74, 6) is -0.870. The van der Waals surface area contributed by atoms with Crippen LogP contribution >= 0.6 is 0 Å². The Bertz CT molecular complexity index is 1450. The number of aliphatic hydroxyl groups is 3. The van der Waals surface area contributed by atoms with E-state index in [2.05, 4.69) is 47.6 Å². The molecule has 5 saturated carbocycles. The van der Waals surface area contributed by atoms with Gasteiger partial charge in [0.2, 0.25) is 0 Å². The third-order valence-electron chi connectivity index (χ3n) is 17.5. The van der Waals surface area contributed by atoms with Gasteiger partial charge in [-0.1, -0.05) is 72.5 Å². The second-order valence-corrected chi connectivity index (χ2v) is 20.6. The van der Waals surface area contributed by atoms with Crippen LogP contribution in [0.25, 0.3) is 0 Å². The lowest BCUT2D eigenvalue weighted by Crippen LogP contribution is -2.68. The fourth-order valence-corrected chi connectivity index (χ4v) is 15.3. The van der Waals surface area contributed by atoms with E-state index in [0.717, 1.165) is 44.9 Å². The molecule has 10 heteroatoms. The van der Waals surface area contributed by atoms with Crippen LogP contribution in [0.4, 0.5) is 0 Å². The summed E-state index contributed by atoms with van der Waals surface area (Å²) in [6, 6.07) is 0. The van der Waals surface area contributed by atoms with Crippen molar-refractivity contribution in [2.45, 2.75) is 168 Å². The van der Waals surface area contributed by atoms with Gasteiger partial charge in [-0.3, -0.25) is 4.79 Å². The lowest BCUT2D eigenvalue weighted by molar-refractivity contribution is -0.324. The molecule has 7 rings (SSSR count). The van der Waals surface area contributed by atoms with E-state index in [4.69, 9.17) is 14.2 Å². The van der Waals surface area contributed by atoms with Gasteiger partial charge in [0.15, 0.2) is 12.4 Å². The summed E-state index contributed by atoms with van der Waals surface area (Å²) in [5, 5.41) is 52.6. The average Bonchev–Trinajstić information content (AvgIpc) is 3.09. The van der Waals surface area contributed by atoms with Crippen molar-refractivity contribution < 1.29 is 49.3 Å². The molecule has 5 N–H and O–H groups in total. The van der Waals surface area contributed by atoms with Gasteiger partial charge in [-0.05, 0) is 122 Å². The van der Waals surface area contributed by atoms with Gasteiger partial charge in [0, 0.05) is 12.5 Å². The van der Waals surface area contributed by atoms with Gasteiger partial charge in [0.05, 0.1) is 18.1 Å². The number of hydrogen-bond donors (Lipinski definition) is 5. The number of fused-ring (bicyclic) bond motifs is 7. The van der Waals surface area contributed by atoms with Crippen LogP contribution in [0.1, 0.15) is 131 Å². The highest BCUT2D eigenvalue weighted by molar-refractivity contribution is 5.77. The number of rotatable bonds is 7. The summed E-state index contributed by atoms with van der Waals surface area (Å²) in [7, 11) is 1.72. The predicted molar refractivity (Wildman–Crippen MR) is 198 cm³/mol. The second-order valence-electron chi connectivity index (χ2n) is 20.6. The number of carbonyl (C=O) groups is 2. The van der Waals surface area contributed by atoms with E-state index in [9.17, 15) is 35.1 Å². The highest BCUT2D eigenvalue weighted by Gasteiger charge is 2.73. The molecule has 7 aliphatic rings. The lowest BCUT2D eigenvalue weighted by Gasteiger charge is -2.74. The molecule has 1 heterocycles. The fourth-order valence-electron chi connectivity index (χ4n) is 15.3. The first kappa shape index (κ1) is 39.7. The Kier molecular flexibility index (Phi) is 10.1. The van der Waals surface area contributed by atoms with Crippen molar-refractivity contribution in [2.75, 3.05) is 13.7 Å². The maximum absolute atomic E-state index is 13.7. The summed E-state index contributed by atoms with van der Waals surface area (Å²) in [6.45, 7) is 14.7.